The Balaban J connectivity index is 2.43. The predicted molar refractivity (Wildman–Crippen MR) is 80.8 cm³/mol. The molecule has 1 fully saturated rings. The van der Waals surface area contributed by atoms with Gasteiger partial charge in [0.15, 0.2) is 0 Å². The van der Waals surface area contributed by atoms with Crippen molar-refractivity contribution in [1.82, 2.24) is 5.32 Å². The van der Waals surface area contributed by atoms with Gasteiger partial charge in [0.2, 0.25) is 0 Å². The van der Waals surface area contributed by atoms with E-state index < -0.39 is 0 Å². The molecule has 1 aliphatic carbocycles. The number of nitrogens with one attached hydrogen (secondary N) is 1. The van der Waals surface area contributed by atoms with E-state index in [2.05, 4.69) is 32.3 Å². The molecular formula is C15H31NS. The van der Waals surface area contributed by atoms with Gasteiger partial charge in [-0.05, 0) is 64.0 Å². The van der Waals surface area contributed by atoms with Crippen LogP contribution in [0.5, 0.6) is 0 Å². The molecule has 0 amide bonds. The van der Waals surface area contributed by atoms with Gasteiger partial charge in [-0.1, -0.05) is 25.7 Å². The Morgan fingerprint density at radius 1 is 1.06 bits per heavy atom. The molecule has 1 aliphatic rings. The average Bonchev–Trinajstić information content (AvgIpc) is 2.47. The molecule has 0 spiro atoms. The standard InChI is InChI=1S/C15H31NS/c1-15(2,3)16-12-14-9-7-5-6-8-13(14)10-11-17-4/h13-14,16H,5-12H2,1-4H3. The normalized spacial score (nSPS) is 26.8. The SMILES string of the molecule is CSCCC1CCCCCC1CNC(C)(C)C. The summed E-state index contributed by atoms with van der Waals surface area (Å²) in [6.45, 7) is 8.06. The Labute approximate surface area is 113 Å². The third-order valence-corrected chi connectivity index (χ3v) is 4.55. The molecule has 0 aliphatic heterocycles. The van der Waals surface area contributed by atoms with E-state index in [-0.39, 0.29) is 5.54 Å². The van der Waals surface area contributed by atoms with Crippen molar-refractivity contribution in [2.45, 2.75) is 64.8 Å². The summed E-state index contributed by atoms with van der Waals surface area (Å²) in [6.07, 6.45) is 11.0. The predicted octanol–water partition coefficient (Wildman–Crippen LogP) is 4.32. The lowest BCUT2D eigenvalue weighted by Crippen LogP contribution is -2.40. The molecule has 1 N–H and O–H groups in total. The number of thioether (sulfide) groups is 1. The van der Waals surface area contributed by atoms with Crippen LogP contribution in [0.1, 0.15) is 59.3 Å². The first-order valence-electron chi connectivity index (χ1n) is 7.27. The molecule has 0 aromatic carbocycles. The quantitative estimate of drug-likeness (QED) is 0.736. The summed E-state index contributed by atoms with van der Waals surface area (Å²) in [5, 5.41) is 3.72. The highest BCUT2D eigenvalue weighted by atomic mass is 32.2. The number of rotatable bonds is 5. The largest absolute Gasteiger partial charge is 0.312 e. The van der Waals surface area contributed by atoms with E-state index >= 15 is 0 Å². The van der Waals surface area contributed by atoms with Gasteiger partial charge >= 0.3 is 0 Å². The molecule has 0 aromatic rings. The highest BCUT2D eigenvalue weighted by molar-refractivity contribution is 7.98. The molecule has 0 radical (unpaired) electrons. The van der Waals surface area contributed by atoms with Gasteiger partial charge in [0.05, 0.1) is 0 Å². The number of hydrogen-bond acceptors (Lipinski definition) is 2. The van der Waals surface area contributed by atoms with Crippen LogP contribution in [0, 0.1) is 11.8 Å². The van der Waals surface area contributed by atoms with Crippen molar-refractivity contribution in [2.24, 2.45) is 11.8 Å². The van der Waals surface area contributed by atoms with Gasteiger partial charge in [0.1, 0.15) is 0 Å². The molecule has 2 unspecified atom stereocenters. The highest BCUT2D eigenvalue weighted by Crippen LogP contribution is 2.31. The summed E-state index contributed by atoms with van der Waals surface area (Å²) in [6, 6.07) is 0. The maximum absolute atomic E-state index is 3.72. The fourth-order valence-electron chi connectivity index (χ4n) is 2.82. The van der Waals surface area contributed by atoms with Crippen molar-refractivity contribution in [3.63, 3.8) is 0 Å². The van der Waals surface area contributed by atoms with Crippen LogP contribution in [0.15, 0.2) is 0 Å². The van der Waals surface area contributed by atoms with Gasteiger partial charge in [-0.25, -0.2) is 0 Å². The minimum Gasteiger partial charge on any atom is -0.312 e. The van der Waals surface area contributed by atoms with Crippen LogP contribution < -0.4 is 5.32 Å². The first kappa shape index (κ1) is 15.4. The van der Waals surface area contributed by atoms with Crippen molar-refractivity contribution >= 4 is 11.8 Å². The molecule has 2 heteroatoms. The lowest BCUT2D eigenvalue weighted by atomic mass is 9.85. The molecule has 2 atom stereocenters. The monoisotopic (exact) mass is 257 g/mol. The summed E-state index contributed by atoms with van der Waals surface area (Å²) in [5.41, 5.74) is 0.274. The minimum atomic E-state index is 0.274. The van der Waals surface area contributed by atoms with Crippen molar-refractivity contribution in [3.05, 3.63) is 0 Å². The molecule has 0 saturated heterocycles. The number of hydrogen-bond donors (Lipinski definition) is 1. The molecule has 1 nitrogen and oxygen atoms in total. The molecule has 1 saturated carbocycles. The Kier molecular flexibility index (Phi) is 6.94. The Hall–Kier alpha value is 0.310. The van der Waals surface area contributed by atoms with Gasteiger partial charge in [0, 0.05) is 5.54 Å². The minimum absolute atomic E-state index is 0.274. The van der Waals surface area contributed by atoms with Gasteiger partial charge in [-0.3, -0.25) is 0 Å². The molecule has 0 bridgehead atoms. The zero-order valence-corrected chi connectivity index (χ0v) is 13.0. The molecule has 0 aromatic heterocycles. The summed E-state index contributed by atoms with van der Waals surface area (Å²) >= 11 is 2.01. The van der Waals surface area contributed by atoms with Gasteiger partial charge in [0.25, 0.3) is 0 Å². The maximum Gasteiger partial charge on any atom is 0.00966 e. The third kappa shape index (κ3) is 6.71. The smallest absolute Gasteiger partial charge is 0.00966 e. The summed E-state index contributed by atoms with van der Waals surface area (Å²) in [4.78, 5) is 0. The van der Waals surface area contributed by atoms with Gasteiger partial charge in [-0.15, -0.1) is 0 Å². The van der Waals surface area contributed by atoms with E-state index in [1.165, 1.54) is 50.8 Å². The van der Waals surface area contributed by atoms with Crippen molar-refractivity contribution < 1.29 is 0 Å². The third-order valence-electron chi connectivity index (χ3n) is 3.90. The average molecular weight is 257 g/mol. The van der Waals surface area contributed by atoms with E-state index in [0.717, 1.165) is 11.8 Å². The van der Waals surface area contributed by atoms with Crippen molar-refractivity contribution in [1.29, 1.82) is 0 Å². The Morgan fingerprint density at radius 2 is 1.71 bits per heavy atom. The maximum atomic E-state index is 3.72. The van der Waals surface area contributed by atoms with E-state index in [0.29, 0.717) is 0 Å². The molecule has 17 heavy (non-hydrogen) atoms. The summed E-state index contributed by atoms with van der Waals surface area (Å²) < 4.78 is 0. The van der Waals surface area contributed by atoms with Crippen LogP contribution in [-0.2, 0) is 0 Å². The molecule has 0 heterocycles. The zero-order valence-electron chi connectivity index (χ0n) is 12.2. The summed E-state index contributed by atoms with van der Waals surface area (Å²) in [5.74, 6) is 3.24. The fourth-order valence-corrected chi connectivity index (χ4v) is 3.35. The highest BCUT2D eigenvalue weighted by Gasteiger charge is 2.24. The van der Waals surface area contributed by atoms with Crippen molar-refractivity contribution in [3.8, 4) is 0 Å². The second-order valence-corrected chi connectivity index (χ2v) is 7.56. The van der Waals surface area contributed by atoms with Crippen LogP contribution in [0.2, 0.25) is 0 Å². The van der Waals surface area contributed by atoms with Gasteiger partial charge < -0.3 is 5.32 Å². The Bertz CT molecular complexity index is 198. The van der Waals surface area contributed by atoms with Gasteiger partial charge in [-0.2, -0.15) is 11.8 Å². The molecule has 1 rings (SSSR count). The van der Waals surface area contributed by atoms with E-state index in [1.54, 1.807) is 0 Å². The Morgan fingerprint density at radius 3 is 2.29 bits per heavy atom. The van der Waals surface area contributed by atoms with Crippen LogP contribution in [0.3, 0.4) is 0 Å². The lowest BCUT2D eigenvalue weighted by molar-refractivity contribution is 0.266. The lowest BCUT2D eigenvalue weighted by Gasteiger charge is -2.29. The second kappa shape index (κ2) is 7.68. The molecular weight excluding hydrogens is 226 g/mol. The first-order valence-corrected chi connectivity index (χ1v) is 8.66. The van der Waals surface area contributed by atoms with Crippen molar-refractivity contribution in [2.75, 3.05) is 18.6 Å². The summed E-state index contributed by atoms with van der Waals surface area (Å²) in [7, 11) is 0. The molecule has 102 valence electrons. The van der Waals surface area contributed by atoms with E-state index in [1.807, 2.05) is 11.8 Å². The van der Waals surface area contributed by atoms with Crippen LogP contribution in [0.4, 0.5) is 0 Å². The van der Waals surface area contributed by atoms with E-state index in [4.69, 9.17) is 0 Å². The first-order chi connectivity index (χ1) is 8.03. The topological polar surface area (TPSA) is 12.0 Å². The fraction of sp³-hybridized carbons (Fsp3) is 1.00. The van der Waals surface area contributed by atoms with Crippen LogP contribution in [-0.4, -0.2) is 24.1 Å². The zero-order chi connectivity index (χ0) is 12.7. The van der Waals surface area contributed by atoms with Crippen LogP contribution in [0.25, 0.3) is 0 Å². The second-order valence-electron chi connectivity index (χ2n) is 6.57. The van der Waals surface area contributed by atoms with Crippen LogP contribution >= 0.6 is 11.8 Å². The van der Waals surface area contributed by atoms with E-state index in [9.17, 15) is 0 Å².